The molecule has 0 aliphatic carbocycles. The molecule has 8 heteroatoms. The van der Waals surface area contributed by atoms with E-state index in [9.17, 15) is 9.18 Å². The third kappa shape index (κ3) is 5.41. The van der Waals surface area contributed by atoms with Crippen molar-refractivity contribution < 1.29 is 18.7 Å². The fourth-order valence-corrected chi connectivity index (χ4v) is 2.61. The van der Waals surface area contributed by atoms with Gasteiger partial charge in [0, 0.05) is 13.1 Å². The van der Waals surface area contributed by atoms with E-state index in [2.05, 4.69) is 20.8 Å². The van der Waals surface area contributed by atoms with Crippen molar-refractivity contribution in [2.75, 3.05) is 19.5 Å². The molecule has 0 aliphatic rings. The number of carbonyl (C=O) groups is 1. The third-order valence-corrected chi connectivity index (χ3v) is 4.19. The second-order valence-electron chi connectivity index (χ2n) is 6.16. The number of carbonyl (C=O) groups excluding carboxylic acids is 1. The number of ether oxygens (including phenoxy) is 2. The van der Waals surface area contributed by atoms with Gasteiger partial charge in [-0.3, -0.25) is 4.79 Å². The largest absolute Gasteiger partial charge is 0.493 e. The average molecular weight is 396 g/mol. The number of rotatable bonds is 8. The Morgan fingerprint density at radius 1 is 0.897 bits per heavy atom. The molecule has 0 fully saturated rings. The lowest BCUT2D eigenvalue weighted by Gasteiger charge is -2.10. The molecule has 2 aromatic carbocycles. The molecule has 0 bridgehead atoms. The molecule has 0 spiro atoms. The lowest BCUT2D eigenvalue weighted by Crippen LogP contribution is -2.24. The van der Waals surface area contributed by atoms with Gasteiger partial charge in [0.15, 0.2) is 17.2 Å². The summed E-state index contributed by atoms with van der Waals surface area (Å²) in [6, 6.07) is 14.8. The zero-order chi connectivity index (χ0) is 20.6. The van der Waals surface area contributed by atoms with E-state index in [1.165, 1.54) is 12.1 Å². The van der Waals surface area contributed by atoms with Gasteiger partial charge in [0.2, 0.25) is 0 Å². The molecular weight excluding hydrogens is 375 g/mol. The first-order valence-electron chi connectivity index (χ1n) is 8.90. The van der Waals surface area contributed by atoms with Gasteiger partial charge in [-0.1, -0.05) is 18.2 Å². The van der Waals surface area contributed by atoms with Crippen molar-refractivity contribution in [1.82, 2.24) is 15.5 Å². The van der Waals surface area contributed by atoms with E-state index in [4.69, 9.17) is 9.47 Å². The first-order valence-corrected chi connectivity index (χ1v) is 8.90. The van der Waals surface area contributed by atoms with E-state index in [0.717, 1.165) is 11.1 Å². The molecule has 150 valence electrons. The number of halogens is 1. The average Bonchev–Trinajstić information content (AvgIpc) is 2.77. The van der Waals surface area contributed by atoms with Crippen LogP contribution in [0.3, 0.4) is 0 Å². The molecule has 0 saturated heterocycles. The number of aromatic nitrogens is 2. The Balaban J connectivity index is 1.54. The number of anilines is 1. The molecule has 0 radical (unpaired) electrons. The van der Waals surface area contributed by atoms with Crippen molar-refractivity contribution in [2.45, 2.75) is 13.1 Å². The Kier molecular flexibility index (Phi) is 6.57. The van der Waals surface area contributed by atoms with Crippen LogP contribution in [0.5, 0.6) is 11.5 Å². The normalized spacial score (nSPS) is 10.3. The van der Waals surface area contributed by atoms with Crippen LogP contribution in [0.15, 0.2) is 54.6 Å². The highest BCUT2D eigenvalue weighted by atomic mass is 19.1. The predicted molar refractivity (Wildman–Crippen MR) is 106 cm³/mol. The van der Waals surface area contributed by atoms with Gasteiger partial charge < -0.3 is 20.1 Å². The molecule has 1 heterocycles. The molecule has 0 aliphatic heterocycles. The minimum absolute atomic E-state index is 0.206. The standard InChI is InChI=1S/C21H21FN4O3/c1-28-18-9-5-15(11-19(18)29-2)13-24-21(27)17-8-10-20(26-25-17)23-12-14-3-6-16(22)7-4-14/h3-11H,12-13H2,1-2H3,(H,23,26)(H,24,27). The van der Waals surface area contributed by atoms with E-state index < -0.39 is 0 Å². The summed E-state index contributed by atoms with van der Waals surface area (Å²) in [5, 5.41) is 13.8. The summed E-state index contributed by atoms with van der Waals surface area (Å²) >= 11 is 0. The van der Waals surface area contributed by atoms with Crippen molar-refractivity contribution in [1.29, 1.82) is 0 Å². The van der Waals surface area contributed by atoms with Crippen molar-refractivity contribution in [3.63, 3.8) is 0 Å². The van der Waals surface area contributed by atoms with Gasteiger partial charge in [0.1, 0.15) is 11.6 Å². The summed E-state index contributed by atoms with van der Waals surface area (Å²) in [6.07, 6.45) is 0. The number of nitrogens with one attached hydrogen (secondary N) is 2. The Morgan fingerprint density at radius 3 is 2.28 bits per heavy atom. The van der Waals surface area contributed by atoms with Gasteiger partial charge in [0.05, 0.1) is 14.2 Å². The maximum atomic E-state index is 12.9. The molecular formula is C21H21FN4O3. The summed E-state index contributed by atoms with van der Waals surface area (Å²) in [7, 11) is 3.12. The fraction of sp³-hybridized carbons (Fsp3) is 0.190. The predicted octanol–water partition coefficient (Wildman–Crippen LogP) is 3.18. The maximum Gasteiger partial charge on any atom is 0.272 e. The van der Waals surface area contributed by atoms with E-state index in [1.807, 2.05) is 6.07 Å². The fourth-order valence-electron chi connectivity index (χ4n) is 2.61. The molecule has 1 amide bonds. The molecule has 0 unspecified atom stereocenters. The minimum Gasteiger partial charge on any atom is -0.493 e. The van der Waals surface area contributed by atoms with Crippen LogP contribution in [0.1, 0.15) is 21.6 Å². The first kappa shape index (κ1) is 20.1. The number of nitrogens with zero attached hydrogens (tertiary/aromatic N) is 2. The summed E-state index contributed by atoms with van der Waals surface area (Å²) in [6.45, 7) is 0.783. The Labute approximate surface area is 167 Å². The topological polar surface area (TPSA) is 85.4 Å². The number of methoxy groups -OCH3 is 2. The van der Waals surface area contributed by atoms with Gasteiger partial charge in [0.25, 0.3) is 5.91 Å². The lowest BCUT2D eigenvalue weighted by molar-refractivity contribution is 0.0945. The highest BCUT2D eigenvalue weighted by molar-refractivity contribution is 5.92. The van der Waals surface area contributed by atoms with Gasteiger partial charge in [-0.05, 0) is 47.5 Å². The summed E-state index contributed by atoms with van der Waals surface area (Å²) in [5.74, 6) is 1.12. The summed E-state index contributed by atoms with van der Waals surface area (Å²) < 4.78 is 23.4. The van der Waals surface area contributed by atoms with Crippen LogP contribution in [0.25, 0.3) is 0 Å². The summed E-state index contributed by atoms with van der Waals surface area (Å²) in [5.41, 5.74) is 1.98. The highest BCUT2D eigenvalue weighted by Crippen LogP contribution is 2.27. The molecule has 2 N–H and O–H groups in total. The quantitative estimate of drug-likeness (QED) is 0.608. The Morgan fingerprint density at radius 2 is 1.62 bits per heavy atom. The SMILES string of the molecule is COc1ccc(CNC(=O)c2ccc(NCc3ccc(F)cc3)nn2)cc1OC. The minimum atomic E-state index is -0.336. The van der Waals surface area contributed by atoms with E-state index in [0.29, 0.717) is 30.4 Å². The van der Waals surface area contributed by atoms with Gasteiger partial charge in [-0.25, -0.2) is 4.39 Å². The van der Waals surface area contributed by atoms with Crippen molar-refractivity contribution in [2.24, 2.45) is 0 Å². The van der Waals surface area contributed by atoms with Crippen LogP contribution in [-0.4, -0.2) is 30.3 Å². The first-order chi connectivity index (χ1) is 14.1. The van der Waals surface area contributed by atoms with Gasteiger partial charge in [-0.2, -0.15) is 0 Å². The lowest BCUT2D eigenvalue weighted by atomic mass is 10.2. The van der Waals surface area contributed by atoms with Crippen molar-refractivity contribution in [3.05, 3.63) is 77.2 Å². The molecule has 1 aromatic heterocycles. The van der Waals surface area contributed by atoms with Crippen molar-refractivity contribution in [3.8, 4) is 11.5 Å². The van der Waals surface area contributed by atoms with Crippen LogP contribution < -0.4 is 20.1 Å². The zero-order valence-corrected chi connectivity index (χ0v) is 16.1. The zero-order valence-electron chi connectivity index (χ0n) is 16.1. The van der Waals surface area contributed by atoms with Crippen LogP contribution in [0.4, 0.5) is 10.2 Å². The van der Waals surface area contributed by atoms with Gasteiger partial charge in [-0.15, -0.1) is 10.2 Å². The van der Waals surface area contributed by atoms with Crippen LogP contribution in [0.2, 0.25) is 0 Å². The molecule has 29 heavy (non-hydrogen) atoms. The van der Waals surface area contributed by atoms with Gasteiger partial charge >= 0.3 is 0 Å². The summed E-state index contributed by atoms with van der Waals surface area (Å²) in [4.78, 5) is 12.3. The molecule has 0 atom stereocenters. The molecule has 7 nitrogen and oxygen atoms in total. The third-order valence-electron chi connectivity index (χ3n) is 4.19. The van der Waals surface area contributed by atoms with Crippen LogP contribution in [0, 0.1) is 5.82 Å². The second-order valence-corrected chi connectivity index (χ2v) is 6.16. The van der Waals surface area contributed by atoms with E-state index in [-0.39, 0.29) is 17.4 Å². The Bertz CT molecular complexity index is 963. The number of amides is 1. The van der Waals surface area contributed by atoms with E-state index in [1.54, 1.807) is 50.6 Å². The van der Waals surface area contributed by atoms with Crippen LogP contribution in [-0.2, 0) is 13.1 Å². The maximum absolute atomic E-state index is 12.9. The number of hydrogen-bond donors (Lipinski definition) is 2. The number of hydrogen-bond acceptors (Lipinski definition) is 6. The highest BCUT2D eigenvalue weighted by Gasteiger charge is 2.10. The number of benzene rings is 2. The van der Waals surface area contributed by atoms with Crippen molar-refractivity contribution >= 4 is 11.7 Å². The van der Waals surface area contributed by atoms with E-state index >= 15 is 0 Å². The molecule has 3 rings (SSSR count). The molecule has 3 aromatic rings. The molecule has 0 saturated carbocycles. The Hall–Kier alpha value is -3.68. The monoisotopic (exact) mass is 396 g/mol. The van der Waals surface area contributed by atoms with Crippen LogP contribution >= 0.6 is 0 Å². The smallest absolute Gasteiger partial charge is 0.272 e. The second kappa shape index (κ2) is 9.50.